The van der Waals surface area contributed by atoms with Gasteiger partial charge in [0, 0.05) is 6.07 Å². The molecule has 1 aromatic rings. The molecule has 84 valence electrons. The van der Waals surface area contributed by atoms with Gasteiger partial charge in [-0.25, -0.2) is 18.5 Å². The van der Waals surface area contributed by atoms with E-state index in [2.05, 4.69) is 21.2 Å². The van der Waals surface area contributed by atoms with Crippen LogP contribution in [0.2, 0.25) is 0 Å². The number of carbonyl (C=O) groups excluding carboxylic acids is 2. The van der Waals surface area contributed by atoms with E-state index in [1.807, 2.05) is 0 Å². The third-order valence-corrected chi connectivity index (χ3v) is 2.68. The Hall–Kier alpha value is -1.50. The lowest BCUT2D eigenvalue weighted by Gasteiger charge is -2.13. The summed E-state index contributed by atoms with van der Waals surface area (Å²) in [7, 11) is 0. The van der Waals surface area contributed by atoms with Gasteiger partial charge in [-0.1, -0.05) is 0 Å². The molecule has 3 amide bonds. The van der Waals surface area contributed by atoms with Gasteiger partial charge in [-0.3, -0.25) is 4.79 Å². The van der Waals surface area contributed by atoms with Gasteiger partial charge in [0.15, 0.2) is 0 Å². The number of amides is 3. The van der Waals surface area contributed by atoms with Crippen molar-refractivity contribution in [2.45, 2.75) is 0 Å². The third-order valence-electron chi connectivity index (χ3n) is 2.07. The molecular formula is C9H5BrF2N2O2. The highest BCUT2D eigenvalue weighted by atomic mass is 79.9. The van der Waals surface area contributed by atoms with Gasteiger partial charge in [-0.2, -0.15) is 0 Å². The van der Waals surface area contributed by atoms with E-state index in [-0.39, 0.29) is 16.7 Å². The molecule has 1 fully saturated rings. The molecule has 1 heterocycles. The first kappa shape index (κ1) is 11.0. The number of hydrogen-bond acceptors (Lipinski definition) is 2. The maximum Gasteiger partial charge on any atom is 0.329 e. The minimum Gasteiger partial charge on any atom is -0.328 e. The Morgan fingerprint density at radius 3 is 2.50 bits per heavy atom. The number of halogens is 3. The number of urea groups is 1. The van der Waals surface area contributed by atoms with E-state index in [0.717, 1.165) is 6.07 Å². The molecule has 7 heteroatoms. The summed E-state index contributed by atoms with van der Waals surface area (Å²) in [5.74, 6) is -2.35. The van der Waals surface area contributed by atoms with Crippen molar-refractivity contribution in [3.63, 3.8) is 0 Å². The first-order chi connectivity index (χ1) is 7.50. The first-order valence-corrected chi connectivity index (χ1v) is 5.05. The molecule has 0 radical (unpaired) electrons. The van der Waals surface area contributed by atoms with E-state index in [0.29, 0.717) is 11.0 Å². The van der Waals surface area contributed by atoms with Crippen molar-refractivity contribution in [1.82, 2.24) is 5.32 Å². The normalized spacial score (nSPS) is 15.6. The summed E-state index contributed by atoms with van der Waals surface area (Å²) in [6.45, 7) is -0.187. The summed E-state index contributed by atoms with van der Waals surface area (Å²) >= 11 is 2.86. The molecule has 0 bridgehead atoms. The number of benzene rings is 1. The second-order valence-corrected chi connectivity index (χ2v) is 3.96. The highest BCUT2D eigenvalue weighted by molar-refractivity contribution is 9.10. The van der Waals surface area contributed by atoms with Crippen molar-refractivity contribution >= 4 is 33.6 Å². The fraction of sp³-hybridized carbons (Fsp3) is 0.111. The lowest BCUT2D eigenvalue weighted by Crippen LogP contribution is -2.31. The van der Waals surface area contributed by atoms with Crippen LogP contribution in [0.4, 0.5) is 19.3 Å². The molecule has 1 aliphatic heterocycles. The van der Waals surface area contributed by atoms with Gasteiger partial charge in [-0.05, 0) is 22.0 Å². The van der Waals surface area contributed by atoms with Crippen LogP contribution < -0.4 is 10.2 Å². The Labute approximate surface area is 97.4 Å². The second-order valence-electron chi connectivity index (χ2n) is 3.11. The number of carbonyl (C=O) groups is 2. The molecule has 16 heavy (non-hydrogen) atoms. The molecule has 2 rings (SSSR count). The van der Waals surface area contributed by atoms with Gasteiger partial charge in [0.2, 0.25) is 0 Å². The van der Waals surface area contributed by atoms with Crippen LogP contribution >= 0.6 is 15.9 Å². The monoisotopic (exact) mass is 290 g/mol. The highest BCUT2D eigenvalue weighted by Crippen LogP contribution is 2.27. The van der Waals surface area contributed by atoms with Crippen LogP contribution in [0.25, 0.3) is 0 Å². The Morgan fingerprint density at radius 2 is 1.94 bits per heavy atom. The summed E-state index contributed by atoms with van der Waals surface area (Å²) < 4.78 is 26.3. The van der Waals surface area contributed by atoms with Crippen LogP contribution in [-0.2, 0) is 4.79 Å². The number of hydrogen-bond donors (Lipinski definition) is 1. The fourth-order valence-corrected chi connectivity index (χ4v) is 1.68. The van der Waals surface area contributed by atoms with E-state index in [1.165, 1.54) is 0 Å². The average molecular weight is 291 g/mol. The van der Waals surface area contributed by atoms with Crippen LogP contribution in [0.5, 0.6) is 0 Å². The Bertz CT molecular complexity index is 477. The van der Waals surface area contributed by atoms with E-state index >= 15 is 0 Å². The minimum atomic E-state index is -0.967. The summed E-state index contributed by atoms with van der Waals surface area (Å²) in [5, 5.41) is 2.24. The first-order valence-electron chi connectivity index (χ1n) is 4.26. The zero-order valence-corrected chi connectivity index (χ0v) is 9.35. The zero-order valence-electron chi connectivity index (χ0n) is 7.76. The molecule has 0 aliphatic carbocycles. The van der Waals surface area contributed by atoms with Crippen LogP contribution in [0.1, 0.15) is 0 Å². The summed E-state index contributed by atoms with van der Waals surface area (Å²) in [4.78, 5) is 23.2. The summed E-state index contributed by atoms with van der Waals surface area (Å²) in [5.41, 5.74) is -0.270. The van der Waals surface area contributed by atoms with Crippen molar-refractivity contribution in [3.05, 3.63) is 28.2 Å². The largest absolute Gasteiger partial charge is 0.329 e. The second kappa shape index (κ2) is 3.82. The van der Waals surface area contributed by atoms with E-state index in [4.69, 9.17) is 0 Å². The van der Waals surface area contributed by atoms with Crippen LogP contribution in [-0.4, -0.2) is 18.5 Å². The van der Waals surface area contributed by atoms with Crippen molar-refractivity contribution in [2.24, 2.45) is 0 Å². The van der Waals surface area contributed by atoms with Gasteiger partial charge in [-0.15, -0.1) is 0 Å². The summed E-state index contributed by atoms with van der Waals surface area (Å²) in [6, 6.07) is 0.939. The molecule has 0 aromatic heterocycles. The molecule has 1 N–H and O–H groups in total. The van der Waals surface area contributed by atoms with Gasteiger partial charge >= 0.3 is 6.03 Å². The Morgan fingerprint density at radius 1 is 1.25 bits per heavy atom. The van der Waals surface area contributed by atoms with E-state index in [9.17, 15) is 18.4 Å². The Kier molecular flexibility index (Phi) is 2.63. The van der Waals surface area contributed by atoms with E-state index in [1.54, 1.807) is 0 Å². The number of nitrogens with one attached hydrogen (secondary N) is 1. The number of imide groups is 1. The average Bonchev–Trinajstić information content (AvgIpc) is 2.53. The lowest BCUT2D eigenvalue weighted by molar-refractivity contribution is -0.115. The zero-order chi connectivity index (χ0) is 11.9. The van der Waals surface area contributed by atoms with Crippen LogP contribution in [0.15, 0.2) is 16.6 Å². The van der Waals surface area contributed by atoms with Crippen molar-refractivity contribution < 1.29 is 18.4 Å². The van der Waals surface area contributed by atoms with Crippen LogP contribution in [0, 0.1) is 11.6 Å². The molecule has 0 spiro atoms. The molecule has 0 atom stereocenters. The van der Waals surface area contributed by atoms with E-state index < -0.39 is 23.6 Å². The SMILES string of the molecule is O=C1CNC(=O)N1c1cc(Br)c(F)cc1F. The molecule has 0 saturated carbocycles. The fourth-order valence-electron chi connectivity index (χ4n) is 1.35. The highest BCUT2D eigenvalue weighted by Gasteiger charge is 2.32. The van der Waals surface area contributed by atoms with Crippen LogP contribution in [0.3, 0.4) is 0 Å². The lowest BCUT2D eigenvalue weighted by atomic mass is 10.2. The molecule has 4 nitrogen and oxygen atoms in total. The van der Waals surface area contributed by atoms with Crippen molar-refractivity contribution in [1.29, 1.82) is 0 Å². The maximum atomic E-state index is 13.4. The topological polar surface area (TPSA) is 49.4 Å². The standard InChI is InChI=1S/C9H5BrF2N2O2/c10-4-1-7(6(12)2-5(4)11)14-8(15)3-13-9(14)16/h1-2H,3H2,(H,13,16). The molecule has 1 saturated heterocycles. The minimum absolute atomic E-state index is 0.0172. The van der Waals surface area contributed by atoms with Gasteiger partial charge < -0.3 is 5.32 Å². The number of rotatable bonds is 1. The molecular weight excluding hydrogens is 286 g/mol. The predicted molar refractivity (Wildman–Crippen MR) is 54.9 cm³/mol. The third kappa shape index (κ3) is 1.67. The Balaban J connectivity index is 2.51. The van der Waals surface area contributed by atoms with Gasteiger partial charge in [0.05, 0.1) is 16.7 Å². The molecule has 0 unspecified atom stereocenters. The van der Waals surface area contributed by atoms with Crippen molar-refractivity contribution in [2.75, 3.05) is 11.4 Å². The molecule has 1 aromatic carbocycles. The maximum absolute atomic E-state index is 13.4. The van der Waals surface area contributed by atoms with Crippen molar-refractivity contribution in [3.8, 4) is 0 Å². The number of anilines is 1. The van der Waals surface area contributed by atoms with Gasteiger partial charge in [0.1, 0.15) is 11.6 Å². The molecule has 1 aliphatic rings. The predicted octanol–water partition coefficient (Wildman–Crippen LogP) is 1.78. The summed E-state index contributed by atoms with van der Waals surface area (Å²) in [6.07, 6.45) is 0. The number of nitrogens with zero attached hydrogens (tertiary/aromatic N) is 1. The van der Waals surface area contributed by atoms with Gasteiger partial charge in [0.25, 0.3) is 5.91 Å². The smallest absolute Gasteiger partial charge is 0.328 e. The quantitative estimate of drug-likeness (QED) is 0.633.